The van der Waals surface area contributed by atoms with E-state index in [0.717, 1.165) is 35.7 Å². The van der Waals surface area contributed by atoms with Gasteiger partial charge in [-0.15, -0.1) is 11.3 Å². The van der Waals surface area contributed by atoms with Crippen molar-refractivity contribution < 1.29 is 9.47 Å². The van der Waals surface area contributed by atoms with Gasteiger partial charge in [0.15, 0.2) is 0 Å². The molecule has 1 aliphatic heterocycles. The quantitative estimate of drug-likeness (QED) is 0.538. The maximum Gasteiger partial charge on any atom is 0.144 e. The number of para-hydroxylation sites is 2. The molecular formula is C23H28N2O2S. The zero-order valence-corrected chi connectivity index (χ0v) is 18.0. The molecule has 0 radical (unpaired) electrons. The van der Waals surface area contributed by atoms with Gasteiger partial charge in [0.25, 0.3) is 0 Å². The molecule has 0 amide bonds. The predicted octanol–water partition coefficient (Wildman–Crippen LogP) is 6.06. The van der Waals surface area contributed by atoms with Crippen LogP contribution >= 0.6 is 11.3 Å². The van der Waals surface area contributed by atoms with Crippen molar-refractivity contribution in [2.45, 2.75) is 57.7 Å². The van der Waals surface area contributed by atoms with Gasteiger partial charge in [-0.2, -0.15) is 5.10 Å². The van der Waals surface area contributed by atoms with Gasteiger partial charge in [0, 0.05) is 5.92 Å². The van der Waals surface area contributed by atoms with E-state index in [4.69, 9.17) is 14.6 Å². The molecule has 148 valence electrons. The first kappa shape index (κ1) is 19.2. The van der Waals surface area contributed by atoms with Gasteiger partial charge in [0.1, 0.15) is 11.4 Å². The number of benzene rings is 1. The highest BCUT2D eigenvalue weighted by Crippen LogP contribution is 2.44. The summed E-state index contributed by atoms with van der Waals surface area (Å²) in [5.41, 5.74) is 2.87. The summed E-state index contributed by atoms with van der Waals surface area (Å²) in [5, 5.41) is 7.19. The van der Waals surface area contributed by atoms with Crippen molar-refractivity contribution >= 4 is 11.3 Å². The number of hydrogen-bond acceptors (Lipinski definition) is 4. The lowest BCUT2D eigenvalue weighted by Crippen LogP contribution is -2.44. The van der Waals surface area contributed by atoms with Crippen LogP contribution in [0.15, 0.2) is 47.8 Å². The summed E-state index contributed by atoms with van der Waals surface area (Å²) < 4.78 is 13.9. The molecule has 3 heterocycles. The average Bonchev–Trinajstić information content (AvgIpc) is 3.28. The monoisotopic (exact) mass is 396 g/mol. The average molecular weight is 397 g/mol. The summed E-state index contributed by atoms with van der Waals surface area (Å²) in [7, 11) is 1.71. The molecular weight excluding hydrogens is 368 g/mol. The Balaban J connectivity index is 1.83. The molecule has 4 nitrogen and oxygen atoms in total. The fraction of sp³-hybridized carbons (Fsp3) is 0.435. The zero-order chi connectivity index (χ0) is 19.9. The van der Waals surface area contributed by atoms with E-state index in [9.17, 15) is 0 Å². The van der Waals surface area contributed by atoms with Gasteiger partial charge >= 0.3 is 0 Å². The minimum atomic E-state index is -0.163. The SMILES string of the molecule is COc1ccccc1-n1nc(C2CC(C)(C)OC(C)(C)C2)cc1-c1cccs1. The molecule has 3 aromatic rings. The minimum Gasteiger partial charge on any atom is -0.494 e. The molecule has 0 unspecified atom stereocenters. The van der Waals surface area contributed by atoms with Gasteiger partial charge in [0.2, 0.25) is 0 Å². The fourth-order valence-corrected chi connectivity index (χ4v) is 5.21. The molecule has 0 bridgehead atoms. The molecule has 1 fully saturated rings. The van der Waals surface area contributed by atoms with E-state index in [1.807, 2.05) is 22.9 Å². The maximum atomic E-state index is 6.29. The van der Waals surface area contributed by atoms with Crippen molar-refractivity contribution in [2.24, 2.45) is 0 Å². The lowest BCUT2D eigenvalue weighted by Gasteiger charge is -2.45. The molecule has 5 heteroatoms. The van der Waals surface area contributed by atoms with Gasteiger partial charge in [-0.1, -0.05) is 18.2 Å². The second kappa shape index (κ2) is 7.05. The van der Waals surface area contributed by atoms with Crippen molar-refractivity contribution in [3.8, 4) is 22.0 Å². The topological polar surface area (TPSA) is 36.3 Å². The smallest absolute Gasteiger partial charge is 0.144 e. The van der Waals surface area contributed by atoms with Crippen molar-refractivity contribution in [1.82, 2.24) is 9.78 Å². The highest BCUT2D eigenvalue weighted by atomic mass is 32.1. The van der Waals surface area contributed by atoms with Gasteiger partial charge < -0.3 is 9.47 Å². The lowest BCUT2D eigenvalue weighted by molar-refractivity contribution is -0.162. The van der Waals surface area contributed by atoms with Gasteiger partial charge in [-0.05, 0) is 70.2 Å². The lowest BCUT2D eigenvalue weighted by atomic mass is 9.79. The van der Waals surface area contributed by atoms with Gasteiger partial charge in [-0.3, -0.25) is 0 Å². The van der Waals surface area contributed by atoms with E-state index in [1.54, 1.807) is 18.4 Å². The molecule has 1 aromatic carbocycles. The normalized spacial score (nSPS) is 18.9. The molecule has 4 rings (SSSR count). The van der Waals surface area contributed by atoms with Crippen LogP contribution in [0.1, 0.15) is 52.1 Å². The first-order chi connectivity index (χ1) is 13.3. The Morgan fingerprint density at radius 3 is 2.43 bits per heavy atom. The number of ether oxygens (including phenoxy) is 2. The molecule has 28 heavy (non-hydrogen) atoms. The highest BCUT2D eigenvalue weighted by molar-refractivity contribution is 7.13. The van der Waals surface area contributed by atoms with Crippen LogP contribution in [0.2, 0.25) is 0 Å². The summed E-state index contributed by atoms with van der Waals surface area (Å²) in [6.07, 6.45) is 1.92. The molecule has 0 N–H and O–H groups in total. The first-order valence-corrected chi connectivity index (χ1v) is 10.6. The summed E-state index contributed by atoms with van der Waals surface area (Å²) in [6, 6.07) is 14.5. The molecule has 0 aliphatic carbocycles. The summed E-state index contributed by atoms with van der Waals surface area (Å²) in [4.78, 5) is 1.20. The van der Waals surface area contributed by atoms with Crippen molar-refractivity contribution in [1.29, 1.82) is 0 Å². The van der Waals surface area contributed by atoms with Gasteiger partial charge in [0.05, 0.1) is 34.6 Å². The van der Waals surface area contributed by atoms with Crippen LogP contribution in [-0.4, -0.2) is 28.1 Å². The van der Waals surface area contributed by atoms with E-state index in [1.165, 1.54) is 4.88 Å². The Hall–Kier alpha value is -2.11. The zero-order valence-electron chi connectivity index (χ0n) is 17.2. The third kappa shape index (κ3) is 3.74. The molecule has 1 saturated heterocycles. The van der Waals surface area contributed by atoms with Crippen LogP contribution in [0.5, 0.6) is 5.75 Å². The summed E-state index contributed by atoms with van der Waals surface area (Å²) >= 11 is 1.73. The Labute approximate surface area is 171 Å². The third-order valence-electron chi connectivity index (χ3n) is 5.26. The second-order valence-corrected chi connectivity index (χ2v) is 9.69. The second-order valence-electron chi connectivity index (χ2n) is 8.74. The van der Waals surface area contributed by atoms with Gasteiger partial charge in [-0.25, -0.2) is 4.68 Å². The van der Waals surface area contributed by atoms with E-state index < -0.39 is 0 Å². The number of hydrogen-bond donors (Lipinski definition) is 0. The summed E-state index contributed by atoms with van der Waals surface area (Å²) in [5.74, 6) is 1.18. The standard InChI is InChI=1S/C23H28N2O2S/c1-22(2)14-16(15-23(3,4)27-22)17-13-19(21-11-8-12-28-21)25(24-17)18-9-6-7-10-20(18)26-5/h6-13,16H,14-15H2,1-5H3. The Morgan fingerprint density at radius 1 is 1.07 bits per heavy atom. The van der Waals surface area contributed by atoms with E-state index in [-0.39, 0.29) is 11.2 Å². The van der Waals surface area contributed by atoms with Crippen LogP contribution in [0, 0.1) is 0 Å². The van der Waals surface area contributed by atoms with Crippen LogP contribution in [0.4, 0.5) is 0 Å². The van der Waals surface area contributed by atoms with Crippen LogP contribution in [0.25, 0.3) is 16.3 Å². The first-order valence-electron chi connectivity index (χ1n) is 9.75. The number of rotatable bonds is 4. The maximum absolute atomic E-state index is 6.29. The fourth-order valence-electron chi connectivity index (χ4n) is 4.49. The van der Waals surface area contributed by atoms with Crippen LogP contribution < -0.4 is 4.74 Å². The Bertz CT molecular complexity index is 941. The molecule has 1 aliphatic rings. The number of nitrogens with zero attached hydrogens (tertiary/aromatic N) is 2. The predicted molar refractivity (Wildman–Crippen MR) is 115 cm³/mol. The van der Waals surface area contributed by atoms with E-state index >= 15 is 0 Å². The van der Waals surface area contributed by atoms with Crippen LogP contribution in [-0.2, 0) is 4.74 Å². The highest BCUT2D eigenvalue weighted by Gasteiger charge is 2.41. The molecule has 0 spiro atoms. The van der Waals surface area contributed by atoms with Crippen LogP contribution in [0.3, 0.4) is 0 Å². The molecule has 0 saturated carbocycles. The minimum absolute atomic E-state index is 0.163. The van der Waals surface area contributed by atoms with Crippen molar-refractivity contribution in [3.63, 3.8) is 0 Å². The number of thiophene rings is 1. The summed E-state index contributed by atoms with van der Waals surface area (Å²) in [6.45, 7) is 8.72. The van der Waals surface area contributed by atoms with E-state index in [0.29, 0.717) is 5.92 Å². The number of methoxy groups -OCH3 is 1. The van der Waals surface area contributed by atoms with E-state index in [2.05, 4.69) is 57.3 Å². The third-order valence-corrected chi connectivity index (χ3v) is 6.15. The Kier molecular flexibility index (Phi) is 4.84. The Morgan fingerprint density at radius 2 is 1.79 bits per heavy atom. The largest absolute Gasteiger partial charge is 0.494 e. The molecule has 0 atom stereocenters. The number of aromatic nitrogens is 2. The van der Waals surface area contributed by atoms with Crippen molar-refractivity contribution in [2.75, 3.05) is 7.11 Å². The molecule has 2 aromatic heterocycles. The van der Waals surface area contributed by atoms with Crippen molar-refractivity contribution in [3.05, 3.63) is 53.5 Å².